The quantitative estimate of drug-likeness (QED) is 0.801. The van der Waals surface area contributed by atoms with E-state index in [-0.39, 0.29) is 12.1 Å². The highest BCUT2D eigenvalue weighted by molar-refractivity contribution is 5.63. The maximum atomic E-state index is 11.6. The molecule has 16 heavy (non-hydrogen) atoms. The molecule has 82 valence electrons. The number of pyridine rings is 1. The molecule has 2 rings (SSSR count). The summed E-state index contributed by atoms with van der Waals surface area (Å²) in [4.78, 5) is 14.5. The predicted octanol–water partition coefficient (Wildman–Crippen LogP) is 1.81. The number of benzene rings is 1. The van der Waals surface area contributed by atoms with Crippen molar-refractivity contribution in [1.82, 2.24) is 4.98 Å². The number of aryl methyl sites for hydroxylation is 1. The van der Waals surface area contributed by atoms with Crippen LogP contribution in [0.4, 0.5) is 0 Å². The molecule has 3 nitrogen and oxygen atoms in total. The molecule has 0 aliphatic heterocycles. The Morgan fingerprint density at radius 1 is 1.19 bits per heavy atom. The summed E-state index contributed by atoms with van der Waals surface area (Å²) in [6.45, 7) is 2.29. The first-order valence-electron chi connectivity index (χ1n) is 5.20. The standard InChI is InChI=1S/C13H14N2O/c1-9-4-2-3-5-11(9)12-7-6-10(8-14)13(16)15-12/h2-7H,8,14H2,1H3,(H,15,16). The number of rotatable bonds is 2. The van der Waals surface area contributed by atoms with Crippen molar-refractivity contribution in [2.45, 2.75) is 13.5 Å². The van der Waals surface area contributed by atoms with Crippen LogP contribution in [0.3, 0.4) is 0 Å². The van der Waals surface area contributed by atoms with Gasteiger partial charge in [-0.05, 0) is 18.6 Å². The number of hydrogen-bond acceptors (Lipinski definition) is 2. The lowest BCUT2D eigenvalue weighted by molar-refractivity contribution is 1.02. The maximum absolute atomic E-state index is 11.6. The Kier molecular flexibility index (Phi) is 2.88. The van der Waals surface area contributed by atoms with E-state index in [0.717, 1.165) is 16.8 Å². The van der Waals surface area contributed by atoms with Gasteiger partial charge in [-0.2, -0.15) is 0 Å². The fraction of sp³-hybridized carbons (Fsp3) is 0.154. The Balaban J connectivity index is 2.54. The number of aromatic amines is 1. The molecule has 0 amide bonds. The second kappa shape index (κ2) is 4.33. The summed E-state index contributed by atoms with van der Waals surface area (Å²) in [6.07, 6.45) is 0. The summed E-state index contributed by atoms with van der Waals surface area (Å²) >= 11 is 0. The third-order valence-corrected chi connectivity index (χ3v) is 2.65. The Labute approximate surface area is 93.9 Å². The Morgan fingerprint density at radius 3 is 2.56 bits per heavy atom. The van der Waals surface area contributed by atoms with Gasteiger partial charge in [-0.15, -0.1) is 0 Å². The third-order valence-electron chi connectivity index (χ3n) is 2.65. The van der Waals surface area contributed by atoms with Crippen LogP contribution in [0, 0.1) is 6.92 Å². The van der Waals surface area contributed by atoms with E-state index in [2.05, 4.69) is 4.98 Å². The van der Waals surface area contributed by atoms with Gasteiger partial charge in [0.2, 0.25) is 0 Å². The smallest absolute Gasteiger partial charge is 0.252 e. The topological polar surface area (TPSA) is 58.9 Å². The summed E-state index contributed by atoms with van der Waals surface area (Å²) in [5.74, 6) is 0. The number of nitrogens with one attached hydrogen (secondary N) is 1. The van der Waals surface area contributed by atoms with Crippen molar-refractivity contribution in [3.05, 3.63) is 57.9 Å². The third kappa shape index (κ3) is 1.90. The molecular formula is C13H14N2O. The van der Waals surface area contributed by atoms with Crippen molar-refractivity contribution < 1.29 is 0 Å². The molecule has 1 heterocycles. The van der Waals surface area contributed by atoms with Gasteiger partial charge in [0.05, 0.1) is 0 Å². The fourth-order valence-corrected chi connectivity index (χ4v) is 1.70. The Morgan fingerprint density at radius 2 is 1.94 bits per heavy atom. The molecule has 0 aliphatic carbocycles. The molecule has 0 spiro atoms. The first-order valence-corrected chi connectivity index (χ1v) is 5.20. The van der Waals surface area contributed by atoms with Gasteiger partial charge in [-0.25, -0.2) is 0 Å². The van der Waals surface area contributed by atoms with E-state index in [1.54, 1.807) is 6.07 Å². The SMILES string of the molecule is Cc1ccccc1-c1ccc(CN)c(=O)[nH]1. The summed E-state index contributed by atoms with van der Waals surface area (Å²) in [5, 5.41) is 0. The van der Waals surface area contributed by atoms with Crippen molar-refractivity contribution in [3.63, 3.8) is 0 Å². The zero-order valence-corrected chi connectivity index (χ0v) is 9.16. The van der Waals surface area contributed by atoms with Crippen LogP contribution in [-0.2, 0) is 6.54 Å². The highest BCUT2D eigenvalue weighted by Crippen LogP contribution is 2.19. The molecule has 0 fully saturated rings. The highest BCUT2D eigenvalue weighted by Gasteiger charge is 2.03. The van der Waals surface area contributed by atoms with E-state index in [0.29, 0.717) is 5.56 Å². The van der Waals surface area contributed by atoms with E-state index in [4.69, 9.17) is 5.73 Å². The molecule has 0 aliphatic rings. The normalized spacial score (nSPS) is 10.4. The average molecular weight is 214 g/mol. The van der Waals surface area contributed by atoms with Crippen molar-refractivity contribution in [1.29, 1.82) is 0 Å². The van der Waals surface area contributed by atoms with Gasteiger partial charge < -0.3 is 10.7 Å². The minimum atomic E-state index is -0.108. The van der Waals surface area contributed by atoms with Crippen molar-refractivity contribution >= 4 is 0 Å². The van der Waals surface area contributed by atoms with Crippen LogP contribution in [0.1, 0.15) is 11.1 Å². The molecule has 3 heteroatoms. The second-order valence-corrected chi connectivity index (χ2v) is 3.75. The number of hydrogen-bond donors (Lipinski definition) is 2. The zero-order valence-electron chi connectivity index (χ0n) is 9.16. The van der Waals surface area contributed by atoms with Crippen LogP contribution in [-0.4, -0.2) is 4.98 Å². The molecule has 0 unspecified atom stereocenters. The Bertz CT molecular complexity index is 558. The molecule has 0 atom stereocenters. The molecule has 3 N–H and O–H groups in total. The maximum Gasteiger partial charge on any atom is 0.252 e. The first-order chi connectivity index (χ1) is 7.72. The van der Waals surface area contributed by atoms with Crippen molar-refractivity contribution in [2.24, 2.45) is 5.73 Å². The van der Waals surface area contributed by atoms with E-state index in [1.165, 1.54) is 0 Å². The molecule has 2 aromatic rings. The van der Waals surface area contributed by atoms with Gasteiger partial charge in [0.15, 0.2) is 0 Å². The van der Waals surface area contributed by atoms with E-state index < -0.39 is 0 Å². The zero-order chi connectivity index (χ0) is 11.5. The second-order valence-electron chi connectivity index (χ2n) is 3.75. The monoisotopic (exact) mass is 214 g/mol. The van der Waals surface area contributed by atoms with Gasteiger partial charge in [0.25, 0.3) is 5.56 Å². The van der Waals surface area contributed by atoms with E-state index in [1.807, 2.05) is 37.3 Å². The largest absolute Gasteiger partial charge is 0.326 e. The van der Waals surface area contributed by atoms with Crippen LogP contribution >= 0.6 is 0 Å². The van der Waals surface area contributed by atoms with Gasteiger partial charge in [0, 0.05) is 23.4 Å². The summed E-state index contributed by atoms with van der Waals surface area (Å²) in [5.41, 5.74) is 8.97. The number of aromatic nitrogens is 1. The van der Waals surface area contributed by atoms with Crippen LogP contribution in [0.2, 0.25) is 0 Å². The molecule has 0 radical (unpaired) electrons. The molecule has 0 bridgehead atoms. The van der Waals surface area contributed by atoms with Crippen LogP contribution in [0.5, 0.6) is 0 Å². The van der Waals surface area contributed by atoms with Crippen LogP contribution < -0.4 is 11.3 Å². The number of H-pyrrole nitrogens is 1. The summed E-state index contributed by atoms with van der Waals surface area (Å²) in [7, 11) is 0. The van der Waals surface area contributed by atoms with E-state index >= 15 is 0 Å². The van der Waals surface area contributed by atoms with E-state index in [9.17, 15) is 4.79 Å². The molecule has 0 saturated carbocycles. The van der Waals surface area contributed by atoms with Gasteiger partial charge in [-0.1, -0.05) is 30.3 Å². The average Bonchev–Trinajstić information content (AvgIpc) is 2.29. The highest BCUT2D eigenvalue weighted by atomic mass is 16.1. The lowest BCUT2D eigenvalue weighted by Crippen LogP contribution is -2.16. The lowest BCUT2D eigenvalue weighted by atomic mass is 10.0. The molecular weight excluding hydrogens is 200 g/mol. The van der Waals surface area contributed by atoms with Crippen LogP contribution in [0.25, 0.3) is 11.3 Å². The van der Waals surface area contributed by atoms with Gasteiger partial charge in [-0.3, -0.25) is 4.79 Å². The minimum absolute atomic E-state index is 0.108. The molecule has 1 aromatic carbocycles. The first kappa shape index (κ1) is 10.6. The van der Waals surface area contributed by atoms with Crippen molar-refractivity contribution in [2.75, 3.05) is 0 Å². The Hall–Kier alpha value is -1.87. The van der Waals surface area contributed by atoms with Gasteiger partial charge >= 0.3 is 0 Å². The fourth-order valence-electron chi connectivity index (χ4n) is 1.70. The number of nitrogens with two attached hydrogens (primary N) is 1. The van der Waals surface area contributed by atoms with Gasteiger partial charge in [0.1, 0.15) is 0 Å². The summed E-state index contributed by atoms with van der Waals surface area (Å²) < 4.78 is 0. The molecule has 1 aromatic heterocycles. The minimum Gasteiger partial charge on any atom is -0.326 e. The lowest BCUT2D eigenvalue weighted by Gasteiger charge is -2.06. The predicted molar refractivity (Wildman–Crippen MR) is 65.1 cm³/mol. The van der Waals surface area contributed by atoms with Crippen molar-refractivity contribution in [3.8, 4) is 11.3 Å². The van der Waals surface area contributed by atoms with Crippen LogP contribution in [0.15, 0.2) is 41.2 Å². The molecule has 0 saturated heterocycles. The summed E-state index contributed by atoms with van der Waals surface area (Å²) in [6, 6.07) is 11.6.